The van der Waals surface area contributed by atoms with Crippen molar-refractivity contribution in [3.63, 3.8) is 0 Å². The zero-order valence-corrected chi connectivity index (χ0v) is 22.9. The topological polar surface area (TPSA) is 115 Å². The average molecular weight is 569 g/mol. The molecule has 1 aromatic heterocycles. The highest BCUT2D eigenvalue weighted by atomic mass is 16.6. The molecule has 0 unspecified atom stereocenters. The van der Waals surface area contributed by atoms with Crippen LogP contribution in [0.15, 0.2) is 121 Å². The van der Waals surface area contributed by atoms with Crippen molar-refractivity contribution in [2.45, 2.75) is 6.92 Å². The second-order valence-electron chi connectivity index (χ2n) is 9.97. The highest BCUT2D eigenvalue weighted by molar-refractivity contribution is 6.39. The third-order valence-corrected chi connectivity index (χ3v) is 7.13. The van der Waals surface area contributed by atoms with Crippen LogP contribution >= 0.6 is 0 Å². The molecule has 6 rings (SSSR count). The van der Waals surface area contributed by atoms with Crippen LogP contribution < -0.4 is 10.2 Å². The summed E-state index contributed by atoms with van der Waals surface area (Å²) in [6, 6.07) is 33.1. The van der Waals surface area contributed by atoms with Gasteiger partial charge in [-0.2, -0.15) is 0 Å². The predicted octanol–water partition coefficient (Wildman–Crippen LogP) is 6.69. The van der Waals surface area contributed by atoms with Crippen LogP contribution in [0, 0.1) is 17.0 Å². The Morgan fingerprint density at radius 3 is 2.02 bits per heavy atom. The average Bonchev–Trinajstić information content (AvgIpc) is 3.39. The number of rotatable bonds is 6. The number of hydrogen-bond donors (Lipinski definition) is 1. The van der Waals surface area contributed by atoms with Gasteiger partial charge in [-0.3, -0.25) is 25.0 Å². The van der Waals surface area contributed by atoms with Crippen molar-refractivity contribution in [3.8, 4) is 28.2 Å². The number of carbonyl (C=O) groups excluding carboxylic acids is 3. The summed E-state index contributed by atoms with van der Waals surface area (Å²) in [6.07, 6.45) is 1.49. The van der Waals surface area contributed by atoms with Crippen LogP contribution in [0.25, 0.3) is 34.3 Å². The highest BCUT2D eigenvalue weighted by Gasteiger charge is 2.37. The molecule has 1 N–H and O–H groups in total. The first-order valence-electron chi connectivity index (χ1n) is 13.4. The van der Waals surface area contributed by atoms with Gasteiger partial charge in [0, 0.05) is 23.4 Å². The zero-order chi connectivity index (χ0) is 30.1. The lowest BCUT2D eigenvalue weighted by atomic mass is 10.0. The largest absolute Gasteiger partial charge is 0.335 e. The van der Waals surface area contributed by atoms with Crippen LogP contribution in [0.1, 0.15) is 11.1 Å². The summed E-state index contributed by atoms with van der Waals surface area (Å²) in [5.41, 5.74) is 5.13. The summed E-state index contributed by atoms with van der Waals surface area (Å²) >= 11 is 0. The second-order valence-corrected chi connectivity index (χ2v) is 9.97. The smallest absolute Gasteiger partial charge is 0.309 e. The number of aromatic nitrogens is 1. The number of nitrogens with one attached hydrogen (secondary N) is 1. The first kappa shape index (κ1) is 27.1. The second kappa shape index (κ2) is 11.1. The number of non-ortho nitro benzene ring substituents is 1. The quantitative estimate of drug-likeness (QED) is 0.106. The van der Waals surface area contributed by atoms with E-state index < -0.39 is 22.8 Å². The molecule has 1 saturated heterocycles. The van der Waals surface area contributed by atoms with E-state index in [4.69, 9.17) is 0 Å². The van der Waals surface area contributed by atoms with Crippen LogP contribution in [0.2, 0.25) is 0 Å². The Hall–Kier alpha value is -6.09. The number of anilines is 1. The molecule has 1 aliphatic rings. The van der Waals surface area contributed by atoms with Gasteiger partial charge in [0.15, 0.2) is 0 Å². The van der Waals surface area contributed by atoms with Crippen molar-refractivity contribution in [2.24, 2.45) is 0 Å². The molecular formula is C34H24N4O5. The summed E-state index contributed by atoms with van der Waals surface area (Å²) < 4.78 is 1.94. The minimum atomic E-state index is -0.825. The van der Waals surface area contributed by atoms with E-state index in [1.807, 2.05) is 84.3 Å². The molecule has 1 fully saturated rings. The molecular weight excluding hydrogens is 544 g/mol. The van der Waals surface area contributed by atoms with Gasteiger partial charge in [-0.15, -0.1) is 0 Å². The molecule has 2 heterocycles. The van der Waals surface area contributed by atoms with E-state index >= 15 is 0 Å². The fourth-order valence-electron chi connectivity index (χ4n) is 5.16. The Bertz CT molecular complexity index is 1930. The molecule has 1 aliphatic heterocycles. The molecule has 0 atom stereocenters. The van der Waals surface area contributed by atoms with Crippen molar-refractivity contribution >= 4 is 35.3 Å². The van der Waals surface area contributed by atoms with Crippen LogP contribution in [-0.2, 0) is 9.59 Å². The number of aryl methyl sites for hydroxylation is 1. The number of carbonyl (C=O) groups is 3. The highest BCUT2D eigenvalue weighted by Crippen LogP contribution is 2.38. The van der Waals surface area contributed by atoms with E-state index in [9.17, 15) is 24.5 Å². The Labute approximate surface area is 246 Å². The van der Waals surface area contributed by atoms with Gasteiger partial charge < -0.3 is 4.57 Å². The number of urea groups is 1. The lowest BCUT2D eigenvalue weighted by Gasteiger charge is -2.26. The van der Waals surface area contributed by atoms with Crippen LogP contribution in [0.5, 0.6) is 0 Å². The van der Waals surface area contributed by atoms with E-state index in [1.54, 1.807) is 30.3 Å². The van der Waals surface area contributed by atoms with Gasteiger partial charge >= 0.3 is 6.03 Å². The number of nitrogens with zero attached hydrogens (tertiary/aromatic N) is 3. The molecule has 9 heteroatoms. The number of amides is 4. The number of benzene rings is 4. The maximum absolute atomic E-state index is 13.7. The first-order chi connectivity index (χ1) is 20.8. The van der Waals surface area contributed by atoms with E-state index in [0.29, 0.717) is 22.6 Å². The Kier molecular flexibility index (Phi) is 6.97. The fraction of sp³-hybridized carbons (Fsp3) is 0.0294. The molecule has 43 heavy (non-hydrogen) atoms. The van der Waals surface area contributed by atoms with Crippen molar-refractivity contribution in [1.82, 2.24) is 9.88 Å². The van der Waals surface area contributed by atoms with Gasteiger partial charge in [-0.25, -0.2) is 9.69 Å². The third-order valence-electron chi connectivity index (χ3n) is 7.13. The van der Waals surface area contributed by atoms with E-state index in [2.05, 4.69) is 5.32 Å². The van der Waals surface area contributed by atoms with E-state index in [0.717, 1.165) is 27.3 Å². The van der Waals surface area contributed by atoms with E-state index in [-0.39, 0.29) is 11.3 Å². The Morgan fingerprint density at radius 1 is 0.744 bits per heavy atom. The molecule has 0 aliphatic carbocycles. The van der Waals surface area contributed by atoms with E-state index in [1.165, 1.54) is 18.2 Å². The summed E-state index contributed by atoms with van der Waals surface area (Å²) in [7, 11) is 0. The molecule has 4 amide bonds. The lowest BCUT2D eigenvalue weighted by molar-refractivity contribution is -0.384. The number of barbiturate groups is 1. The number of hydrogen-bond acceptors (Lipinski definition) is 5. The monoisotopic (exact) mass is 568 g/mol. The van der Waals surface area contributed by atoms with Gasteiger partial charge in [0.25, 0.3) is 17.5 Å². The molecule has 4 aromatic carbocycles. The first-order valence-corrected chi connectivity index (χ1v) is 13.4. The molecule has 210 valence electrons. The molecule has 0 saturated carbocycles. The number of nitro groups is 1. The molecule has 5 aromatic rings. The maximum Gasteiger partial charge on any atom is 0.335 e. The van der Waals surface area contributed by atoms with Gasteiger partial charge in [0.1, 0.15) is 5.57 Å². The van der Waals surface area contributed by atoms with Gasteiger partial charge in [0.05, 0.1) is 22.0 Å². The normalized spacial score (nSPS) is 14.2. The van der Waals surface area contributed by atoms with Crippen LogP contribution in [-0.4, -0.2) is 27.3 Å². The SMILES string of the molecule is Cc1cccc(N2C(=O)NC(=O)/C(=C\c3cc(-c4ccccc4)n(-c4ccc([N+](=O)[O-])cc4)c3-c3ccccc3)C2=O)c1. The molecule has 0 spiro atoms. The lowest BCUT2D eigenvalue weighted by Crippen LogP contribution is -2.54. The number of imide groups is 2. The van der Waals surface area contributed by atoms with Gasteiger partial charge in [-0.1, -0.05) is 72.8 Å². The van der Waals surface area contributed by atoms with Gasteiger partial charge in [-0.05, 0) is 60.0 Å². The van der Waals surface area contributed by atoms with Crippen molar-refractivity contribution in [2.75, 3.05) is 4.90 Å². The fourth-order valence-corrected chi connectivity index (χ4v) is 5.16. The van der Waals surface area contributed by atoms with Crippen molar-refractivity contribution in [3.05, 3.63) is 142 Å². The minimum absolute atomic E-state index is 0.0499. The summed E-state index contributed by atoms with van der Waals surface area (Å²) in [5.74, 6) is -1.55. The van der Waals surface area contributed by atoms with Gasteiger partial charge in [0.2, 0.25) is 0 Å². The standard InChI is InChI=1S/C34H24N4O5/c1-22-9-8-14-28(19-22)37-33(40)29(32(39)35-34(37)41)20-25-21-30(23-10-4-2-5-11-23)36(31(25)24-12-6-3-7-13-24)26-15-17-27(18-16-26)38(42)43/h2-21H,1H3,(H,35,39,41)/b29-20+. The Morgan fingerprint density at radius 2 is 1.40 bits per heavy atom. The minimum Gasteiger partial charge on any atom is -0.309 e. The van der Waals surface area contributed by atoms with Crippen LogP contribution in [0.3, 0.4) is 0 Å². The molecule has 9 nitrogen and oxygen atoms in total. The third kappa shape index (κ3) is 5.11. The predicted molar refractivity (Wildman–Crippen MR) is 163 cm³/mol. The summed E-state index contributed by atoms with van der Waals surface area (Å²) in [6.45, 7) is 1.84. The van der Waals surface area contributed by atoms with Crippen molar-refractivity contribution in [1.29, 1.82) is 0 Å². The maximum atomic E-state index is 13.7. The summed E-state index contributed by atoms with van der Waals surface area (Å²) in [4.78, 5) is 51.6. The zero-order valence-electron chi connectivity index (χ0n) is 22.9. The number of nitro benzene ring substituents is 1. The van der Waals surface area contributed by atoms with Crippen molar-refractivity contribution < 1.29 is 19.3 Å². The summed E-state index contributed by atoms with van der Waals surface area (Å²) in [5, 5.41) is 13.7. The Balaban J connectivity index is 1.60. The molecule has 0 bridgehead atoms. The molecule has 0 radical (unpaired) electrons. The van der Waals surface area contributed by atoms with Crippen LogP contribution in [0.4, 0.5) is 16.2 Å².